The lowest BCUT2D eigenvalue weighted by Gasteiger charge is -2.08. The van der Waals surface area contributed by atoms with Crippen molar-refractivity contribution in [2.45, 2.75) is 12.6 Å². The lowest BCUT2D eigenvalue weighted by atomic mass is 10.1. The summed E-state index contributed by atoms with van der Waals surface area (Å²) in [6.07, 6.45) is -2.74. The van der Waals surface area contributed by atoms with Crippen LogP contribution in [0.1, 0.15) is 27.2 Å². The van der Waals surface area contributed by atoms with E-state index in [1.54, 1.807) is 0 Å². The SMILES string of the molecule is O=C(Nc1ccc(C(F)(F)F)cc1)c1cnoc1Cc1ccccc1. The first-order chi connectivity index (χ1) is 11.9. The van der Waals surface area contributed by atoms with E-state index in [1.807, 2.05) is 30.3 Å². The summed E-state index contributed by atoms with van der Waals surface area (Å²) >= 11 is 0. The Morgan fingerprint density at radius 1 is 1.04 bits per heavy atom. The van der Waals surface area contributed by atoms with E-state index in [-0.39, 0.29) is 11.3 Å². The lowest BCUT2D eigenvalue weighted by Crippen LogP contribution is -2.13. The van der Waals surface area contributed by atoms with Gasteiger partial charge in [-0.3, -0.25) is 4.79 Å². The van der Waals surface area contributed by atoms with E-state index >= 15 is 0 Å². The van der Waals surface area contributed by atoms with Gasteiger partial charge in [-0.2, -0.15) is 13.2 Å². The first-order valence-electron chi connectivity index (χ1n) is 7.39. The van der Waals surface area contributed by atoms with Crippen LogP contribution in [0.4, 0.5) is 18.9 Å². The molecule has 4 nitrogen and oxygen atoms in total. The van der Waals surface area contributed by atoms with Gasteiger partial charge in [-0.1, -0.05) is 35.5 Å². The maximum atomic E-state index is 12.6. The Bertz CT molecular complexity index is 856. The summed E-state index contributed by atoms with van der Waals surface area (Å²) in [4.78, 5) is 12.3. The topological polar surface area (TPSA) is 55.1 Å². The van der Waals surface area contributed by atoms with Crippen molar-refractivity contribution in [3.63, 3.8) is 0 Å². The fourth-order valence-corrected chi connectivity index (χ4v) is 2.30. The quantitative estimate of drug-likeness (QED) is 0.755. The predicted octanol–water partition coefficient (Wildman–Crippen LogP) is 4.54. The number of rotatable bonds is 4. The van der Waals surface area contributed by atoms with Crippen LogP contribution < -0.4 is 5.32 Å². The number of carbonyl (C=O) groups excluding carboxylic acids is 1. The third kappa shape index (κ3) is 4.06. The summed E-state index contributed by atoms with van der Waals surface area (Å²) in [5, 5.41) is 6.19. The number of halogens is 3. The second kappa shape index (κ2) is 6.80. The highest BCUT2D eigenvalue weighted by Gasteiger charge is 2.30. The summed E-state index contributed by atoms with van der Waals surface area (Å²) in [6, 6.07) is 13.6. The van der Waals surface area contributed by atoms with Crippen LogP contribution in [0.2, 0.25) is 0 Å². The Labute approximate surface area is 141 Å². The van der Waals surface area contributed by atoms with Gasteiger partial charge in [0.25, 0.3) is 5.91 Å². The Balaban J connectivity index is 1.73. The Hall–Kier alpha value is -3.09. The minimum Gasteiger partial charge on any atom is -0.360 e. The fourth-order valence-electron chi connectivity index (χ4n) is 2.30. The molecule has 0 bridgehead atoms. The van der Waals surface area contributed by atoms with Crippen LogP contribution in [0, 0.1) is 0 Å². The van der Waals surface area contributed by atoms with Gasteiger partial charge in [-0.05, 0) is 29.8 Å². The molecule has 1 aromatic heterocycles. The Kier molecular flexibility index (Phi) is 4.56. The molecule has 0 aliphatic heterocycles. The van der Waals surface area contributed by atoms with Gasteiger partial charge in [0.2, 0.25) is 0 Å². The predicted molar refractivity (Wildman–Crippen MR) is 85.1 cm³/mol. The van der Waals surface area contributed by atoms with Gasteiger partial charge in [0.1, 0.15) is 5.56 Å². The Morgan fingerprint density at radius 2 is 1.72 bits per heavy atom. The number of alkyl halides is 3. The van der Waals surface area contributed by atoms with Gasteiger partial charge in [0, 0.05) is 12.1 Å². The standard InChI is InChI=1S/C18H13F3N2O2/c19-18(20,21)13-6-8-14(9-7-13)23-17(24)15-11-22-25-16(15)10-12-4-2-1-3-5-12/h1-9,11H,10H2,(H,23,24). The molecule has 0 unspecified atom stereocenters. The molecule has 3 rings (SSSR count). The van der Waals surface area contributed by atoms with Gasteiger partial charge in [-0.25, -0.2) is 0 Å². The maximum absolute atomic E-state index is 12.6. The Morgan fingerprint density at radius 3 is 2.36 bits per heavy atom. The molecule has 1 heterocycles. The number of hydrogen-bond acceptors (Lipinski definition) is 3. The van der Waals surface area contributed by atoms with Crippen molar-refractivity contribution in [3.8, 4) is 0 Å². The number of hydrogen-bond donors (Lipinski definition) is 1. The zero-order valence-electron chi connectivity index (χ0n) is 12.9. The molecule has 1 amide bonds. The zero-order chi connectivity index (χ0) is 17.9. The molecule has 0 aliphatic rings. The van der Waals surface area contributed by atoms with Gasteiger partial charge in [-0.15, -0.1) is 0 Å². The smallest absolute Gasteiger partial charge is 0.360 e. The molecule has 0 saturated heterocycles. The van der Waals surface area contributed by atoms with Crippen LogP contribution in [0.5, 0.6) is 0 Å². The van der Waals surface area contributed by atoms with E-state index in [0.717, 1.165) is 17.7 Å². The van der Waals surface area contributed by atoms with E-state index in [4.69, 9.17) is 4.52 Å². The van der Waals surface area contributed by atoms with Crippen molar-refractivity contribution in [3.05, 3.63) is 83.2 Å². The number of nitrogens with one attached hydrogen (secondary N) is 1. The summed E-state index contributed by atoms with van der Waals surface area (Å²) < 4.78 is 42.8. The molecule has 0 atom stereocenters. The van der Waals surface area contributed by atoms with Crippen molar-refractivity contribution >= 4 is 11.6 Å². The first-order valence-corrected chi connectivity index (χ1v) is 7.39. The van der Waals surface area contributed by atoms with Crippen LogP contribution in [0.15, 0.2) is 65.3 Å². The van der Waals surface area contributed by atoms with E-state index in [9.17, 15) is 18.0 Å². The molecule has 7 heteroatoms. The summed E-state index contributed by atoms with van der Waals surface area (Å²) in [5.74, 6) is -0.109. The van der Waals surface area contributed by atoms with Crippen molar-refractivity contribution in [2.24, 2.45) is 0 Å². The van der Waals surface area contributed by atoms with E-state index < -0.39 is 17.6 Å². The molecule has 1 N–H and O–H groups in total. The van der Waals surface area contributed by atoms with Crippen molar-refractivity contribution in [1.82, 2.24) is 5.16 Å². The number of nitrogens with zero attached hydrogens (tertiary/aromatic N) is 1. The molecule has 0 spiro atoms. The third-order valence-corrected chi connectivity index (χ3v) is 3.57. The average Bonchev–Trinajstić information content (AvgIpc) is 3.04. The van der Waals surface area contributed by atoms with Crippen molar-refractivity contribution < 1.29 is 22.5 Å². The highest BCUT2D eigenvalue weighted by Crippen LogP contribution is 2.30. The number of aromatic nitrogens is 1. The second-order valence-corrected chi connectivity index (χ2v) is 5.35. The van der Waals surface area contributed by atoms with Gasteiger partial charge >= 0.3 is 6.18 Å². The zero-order valence-corrected chi connectivity index (χ0v) is 12.9. The minimum absolute atomic E-state index is 0.240. The van der Waals surface area contributed by atoms with E-state index in [0.29, 0.717) is 12.2 Å². The van der Waals surface area contributed by atoms with Crippen LogP contribution >= 0.6 is 0 Å². The summed E-state index contributed by atoms with van der Waals surface area (Å²) in [5.41, 5.74) is 0.664. The molecule has 3 aromatic rings. The number of amides is 1. The monoisotopic (exact) mass is 346 g/mol. The van der Waals surface area contributed by atoms with Crippen LogP contribution in [0.3, 0.4) is 0 Å². The fraction of sp³-hybridized carbons (Fsp3) is 0.111. The molecule has 2 aromatic carbocycles. The summed E-state index contributed by atoms with van der Waals surface area (Å²) in [6.45, 7) is 0. The average molecular weight is 346 g/mol. The van der Waals surface area contributed by atoms with Crippen LogP contribution in [-0.2, 0) is 12.6 Å². The molecule has 25 heavy (non-hydrogen) atoms. The van der Waals surface area contributed by atoms with Gasteiger partial charge in [0.15, 0.2) is 5.76 Å². The molecular formula is C18H13F3N2O2. The van der Waals surface area contributed by atoms with Crippen molar-refractivity contribution in [2.75, 3.05) is 5.32 Å². The largest absolute Gasteiger partial charge is 0.416 e. The number of carbonyl (C=O) groups is 1. The molecule has 0 saturated carbocycles. The van der Waals surface area contributed by atoms with Gasteiger partial charge in [0.05, 0.1) is 11.8 Å². The second-order valence-electron chi connectivity index (χ2n) is 5.35. The molecular weight excluding hydrogens is 333 g/mol. The number of benzene rings is 2. The molecule has 128 valence electrons. The highest BCUT2D eigenvalue weighted by molar-refractivity contribution is 6.04. The lowest BCUT2D eigenvalue weighted by molar-refractivity contribution is -0.137. The maximum Gasteiger partial charge on any atom is 0.416 e. The van der Waals surface area contributed by atoms with Crippen LogP contribution in [-0.4, -0.2) is 11.1 Å². The minimum atomic E-state index is -4.42. The van der Waals surface area contributed by atoms with E-state index in [1.165, 1.54) is 18.3 Å². The first kappa shape index (κ1) is 16.8. The van der Waals surface area contributed by atoms with Crippen molar-refractivity contribution in [1.29, 1.82) is 0 Å². The molecule has 0 radical (unpaired) electrons. The van der Waals surface area contributed by atoms with E-state index in [2.05, 4.69) is 10.5 Å². The van der Waals surface area contributed by atoms with Crippen LogP contribution in [0.25, 0.3) is 0 Å². The molecule has 0 aliphatic carbocycles. The molecule has 0 fully saturated rings. The number of anilines is 1. The third-order valence-electron chi connectivity index (χ3n) is 3.57. The highest BCUT2D eigenvalue weighted by atomic mass is 19.4. The summed E-state index contributed by atoms with van der Waals surface area (Å²) in [7, 11) is 0. The van der Waals surface area contributed by atoms with Gasteiger partial charge < -0.3 is 9.84 Å². The normalized spacial score (nSPS) is 11.3.